The molecule has 2 fully saturated rings. The zero-order chi connectivity index (χ0) is 29.4. The van der Waals surface area contributed by atoms with Crippen molar-refractivity contribution in [3.63, 3.8) is 0 Å². The number of carbonyl (C=O) groups is 1. The number of imidazole rings is 1. The van der Waals surface area contributed by atoms with Gasteiger partial charge in [0.15, 0.2) is 6.30 Å². The van der Waals surface area contributed by atoms with Crippen molar-refractivity contribution in [1.82, 2.24) is 14.5 Å². The van der Waals surface area contributed by atoms with Crippen molar-refractivity contribution < 1.29 is 18.0 Å². The van der Waals surface area contributed by atoms with Crippen LogP contribution in [0.4, 0.5) is 13.2 Å². The van der Waals surface area contributed by atoms with E-state index in [9.17, 15) is 13.6 Å². The Hall–Kier alpha value is -4.38. The summed E-state index contributed by atoms with van der Waals surface area (Å²) in [5.74, 6) is 5.68. The number of amides is 1. The molecule has 1 N–H and O–H groups in total. The van der Waals surface area contributed by atoms with Crippen LogP contribution in [0.5, 0.6) is 0 Å². The summed E-state index contributed by atoms with van der Waals surface area (Å²) in [7, 11) is 0. The Bertz CT molecular complexity index is 1740. The van der Waals surface area contributed by atoms with Crippen LogP contribution in [0.3, 0.4) is 0 Å². The lowest BCUT2D eigenvalue weighted by Crippen LogP contribution is -2.39. The number of alkyl halides is 1. The lowest BCUT2D eigenvalue weighted by atomic mass is 9.93. The fraction of sp³-hybridized carbons (Fsp3) is 0.324. The van der Waals surface area contributed by atoms with E-state index in [1.54, 1.807) is 15.5 Å². The number of hydrogen-bond donors (Lipinski definition) is 1. The van der Waals surface area contributed by atoms with Crippen molar-refractivity contribution in [2.75, 3.05) is 13.1 Å². The lowest BCUT2D eigenvalue weighted by molar-refractivity contribution is 0.0704. The van der Waals surface area contributed by atoms with Crippen LogP contribution in [0.15, 0.2) is 60.7 Å². The molecule has 1 unspecified atom stereocenters. The molecule has 1 aromatic heterocycles. The van der Waals surface area contributed by atoms with Gasteiger partial charge in [-0.1, -0.05) is 36.1 Å². The SMILES string of the molecule is CC(F)n1c(C2CCN(C(=O)c3cc(C#CCC4CC4)c(C(=N)c4cccc(F)c4)cc3F)CC2)nc2ccccc21. The molecule has 1 saturated carbocycles. The van der Waals surface area contributed by atoms with Gasteiger partial charge in [-0.25, -0.2) is 18.2 Å². The molecule has 2 heterocycles. The summed E-state index contributed by atoms with van der Waals surface area (Å²) >= 11 is 0. The minimum absolute atomic E-state index is 0.0394. The molecular weight excluding hydrogens is 537 g/mol. The van der Waals surface area contributed by atoms with E-state index in [4.69, 9.17) is 10.4 Å². The molecule has 5 nitrogen and oxygen atoms in total. The third kappa shape index (κ3) is 5.56. The van der Waals surface area contributed by atoms with Crippen molar-refractivity contribution in [1.29, 1.82) is 5.41 Å². The molecule has 1 aliphatic carbocycles. The summed E-state index contributed by atoms with van der Waals surface area (Å²) in [4.78, 5) is 19.9. The van der Waals surface area contributed by atoms with Crippen molar-refractivity contribution in [3.8, 4) is 11.8 Å². The highest BCUT2D eigenvalue weighted by molar-refractivity contribution is 6.13. The van der Waals surface area contributed by atoms with Gasteiger partial charge in [-0.15, -0.1) is 0 Å². The van der Waals surface area contributed by atoms with Crippen LogP contribution in [0.1, 0.15) is 84.1 Å². The maximum absolute atomic E-state index is 15.5. The molecule has 1 aliphatic heterocycles. The fourth-order valence-corrected chi connectivity index (χ4v) is 5.70. The summed E-state index contributed by atoms with van der Waals surface area (Å²) in [5.41, 5.74) is 2.19. The summed E-state index contributed by atoms with van der Waals surface area (Å²) in [6.45, 7) is 2.23. The van der Waals surface area contributed by atoms with E-state index in [2.05, 4.69) is 11.8 Å². The van der Waals surface area contributed by atoms with Crippen LogP contribution in [-0.4, -0.2) is 39.2 Å². The zero-order valence-electron chi connectivity index (χ0n) is 23.3. The number of nitrogens with zero attached hydrogens (tertiary/aromatic N) is 3. The highest BCUT2D eigenvalue weighted by atomic mass is 19.1. The van der Waals surface area contributed by atoms with Crippen LogP contribution in [-0.2, 0) is 0 Å². The standard InChI is InChI=1S/C34H31F3N4O/c1-21(35)41-31-11-3-2-10-30(31)39-33(41)23-14-16-40(17-15-23)34(42)28-19-24(7-4-6-22-12-13-22)27(20-29(28)37)32(38)25-8-5-9-26(36)18-25/h2-3,5,8-11,18-23,38H,6,12-17H2,1H3. The molecular formula is C34H31F3N4O. The summed E-state index contributed by atoms with van der Waals surface area (Å²) in [5, 5.41) is 8.67. The van der Waals surface area contributed by atoms with E-state index < -0.39 is 23.8 Å². The third-order valence-corrected chi connectivity index (χ3v) is 8.16. The second-order valence-corrected chi connectivity index (χ2v) is 11.2. The highest BCUT2D eigenvalue weighted by Crippen LogP contribution is 2.34. The number of aromatic nitrogens is 2. The first-order chi connectivity index (χ1) is 20.3. The lowest BCUT2D eigenvalue weighted by Gasteiger charge is -2.32. The molecule has 1 saturated heterocycles. The van der Waals surface area contributed by atoms with E-state index in [1.165, 1.54) is 37.3 Å². The minimum atomic E-state index is -1.25. The van der Waals surface area contributed by atoms with Crippen LogP contribution in [0.25, 0.3) is 11.0 Å². The second-order valence-electron chi connectivity index (χ2n) is 11.2. The number of halogens is 3. The minimum Gasteiger partial charge on any atom is -0.339 e. The number of likely N-dealkylation sites (tertiary alicyclic amines) is 1. The molecule has 1 amide bonds. The quantitative estimate of drug-likeness (QED) is 0.195. The smallest absolute Gasteiger partial charge is 0.256 e. The van der Waals surface area contributed by atoms with Gasteiger partial charge in [0.1, 0.15) is 17.5 Å². The number of rotatable bonds is 6. The van der Waals surface area contributed by atoms with E-state index in [1.807, 2.05) is 24.3 Å². The van der Waals surface area contributed by atoms with Crippen LogP contribution >= 0.6 is 0 Å². The fourth-order valence-electron chi connectivity index (χ4n) is 5.70. The maximum Gasteiger partial charge on any atom is 0.256 e. The van der Waals surface area contributed by atoms with Crippen LogP contribution < -0.4 is 0 Å². The van der Waals surface area contributed by atoms with Gasteiger partial charge >= 0.3 is 0 Å². The summed E-state index contributed by atoms with van der Waals surface area (Å²) in [6, 6.07) is 15.6. The average molecular weight is 569 g/mol. The summed E-state index contributed by atoms with van der Waals surface area (Å²) in [6.07, 6.45) is 2.85. The van der Waals surface area contributed by atoms with Crippen LogP contribution in [0.2, 0.25) is 0 Å². The Kier molecular flexibility index (Phi) is 7.59. The van der Waals surface area contributed by atoms with Gasteiger partial charge in [0.2, 0.25) is 0 Å². The number of fused-ring (bicyclic) bond motifs is 1. The van der Waals surface area contributed by atoms with Gasteiger partial charge in [-0.3, -0.25) is 14.8 Å². The molecule has 4 aromatic rings. The Balaban J connectivity index is 1.25. The van der Waals surface area contributed by atoms with Crippen molar-refractivity contribution >= 4 is 22.7 Å². The number of carbonyl (C=O) groups excluding carboxylic acids is 1. The Morgan fingerprint density at radius 2 is 1.79 bits per heavy atom. The predicted molar refractivity (Wildman–Crippen MR) is 156 cm³/mol. The van der Waals surface area contributed by atoms with E-state index in [0.29, 0.717) is 55.2 Å². The first-order valence-corrected chi connectivity index (χ1v) is 14.4. The maximum atomic E-state index is 15.5. The van der Waals surface area contributed by atoms with Gasteiger partial charge < -0.3 is 4.90 Å². The molecule has 0 spiro atoms. The van der Waals surface area contributed by atoms with E-state index in [0.717, 1.165) is 23.9 Å². The molecule has 8 heteroatoms. The number of nitrogens with one attached hydrogen (secondary N) is 1. The number of benzene rings is 3. The van der Waals surface area contributed by atoms with E-state index in [-0.39, 0.29) is 22.8 Å². The zero-order valence-corrected chi connectivity index (χ0v) is 23.3. The Labute approximate surface area is 242 Å². The molecule has 3 aromatic carbocycles. The molecule has 1 atom stereocenters. The van der Waals surface area contributed by atoms with Gasteiger partial charge in [0, 0.05) is 42.1 Å². The van der Waals surface area contributed by atoms with Gasteiger partial charge in [0.25, 0.3) is 5.91 Å². The molecule has 0 bridgehead atoms. The van der Waals surface area contributed by atoms with Crippen molar-refractivity contribution in [2.45, 2.75) is 51.2 Å². The Morgan fingerprint density at radius 1 is 1.02 bits per heavy atom. The largest absolute Gasteiger partial charge is 0.339 e. The summed E-state index contributed by atoms with van der Waals surface area (Å²) < 4.78 is 45.7. The number of para-hydroxylation sites is 2. The highest BCUT2D eigenvalue weighted by Gasteiger charge is 2.31. The first kappa shape index (κ1) is 27.8. The monoisotopic (exact) mass is 568 g/mol. The second kappa shape index (κ2) is 11.5. The average Bonchev–Trinajstić information content (AvgIpc) is 3.73. The first-order valence-electron chi connectivity index (χ1n) is 14.4. The molecule has 2 aliphatic rings. The molecule has 214 valence electrons. The van der Waals surface area contributed by atoms with Crippen molar-refractivity contribution in [3.05, 3.63) is 100 Å². The third-order valence-electron chi connectivity index (χ3n) is 8.16. The van der Waals surface area contributed by atoms with E-state index >= 15 is 4.39 Å². The molecule has 0 radical (unpaired) electrons. The predicted octanol–water partition coefficient (Wildman–Crippen LogP) is 7.39. The van der Waals surface area contributed by atoms with Gasteiger partial charge in [-0.05, 0) is 74.9 Å². The molecule has 6 rings (SSSR count). The molecule has 42 heavy (non-hydrogen) atoms. The van der Waals surface area contributed by atoms with Gasteiger partial charge in [-0.2, -0.15) is 0 Å². The van der Waals surface area contributed by atoms with Gasteiger partial charge in [0.05, 0.1) is 22.3 Å². The normalized spacial score (nSPS) is 16.2. The Morgan fingerprint density at radius 3 is 2.50 bits per heavy atom. The topological polar surface area (TPSA) is 62.0 Å². The van der Waals surface area contributed by atoms with Crippen molar-refractivity contribution in [2.24, 2.45) is 5.92 Å². The number of piperidine rings is 1. The number of hydrogen-bond acceptors (Lipinski definition) is 3. The van der Waals surface area contributed by atoms with Crippen LogP contribution in [0, 0.1) is 34.8 Å².